The molecule has 0 aromatic rings. The number of nitrogens with zero attached hydrogens (tertiary/aromatic N) is 1. The van der Waals surface area contributed by atoms with Crippen molar-refractivity contribution in [3.63, 3.8) is 0 Å². The summed E-state index contributed by atoms with van der Waals surface area (Å²) in [5.41, 5.74) is 0. The van der Waals surface area contributed by atoms with E-state index in [0.29, 0.717) is 0 Å². The van der Waals surface area contributed by atoms with Crippen molar-refractivity contribution in [3.8, 4) is 0 Å². The van der Waals surface area contributed by atoms with Gasteiger partial charge in [-0.2, -0.15) is 0 Å². The van der Waals surface area contributed by atoms with Crippen molar-refractivity contribution in [2.75, 3.05) is 7.11 Å². The number of rotatable bonds is 4. The second-order valence-electron chi connectivity index (χ2n) is 2.63. The Bertz CT molecular complexity index is 143. The molecule has 56 valence electrons. The molecule has 0 aromatic heterocycles. The Morgan fingerprint density at radius 1 is 1.70 bits per heavy atom. The van der Waals surface area contributed by atoms with Crippen LogP contribution >= 0.6 is 0 Å². The van der Waals surface area contributed by atoms with Crippen molar-refractivity contribution in [1.82, 2.24) is 0 Å². The smallest absolute Gasteiger partial charge is 0.107 e. The highest BCUT2D eigenvalue weighted by atomic mass is 16.6. The summed E-state index contributed by atoms with van der Waals surface area (Å²) in [4.78, 5) is 4.45. The molecule has 0 radical (unpaired) electrons. The number of hydrogen-bond donors (Lipinski definition) is 0. The van der Waals surface area contributed by atoms with Gasteiger partial charge in [-0.15, -0.1) is 0 Å². The molecule has 2 heteroatoms. The fraction of sp³-hybridized carbons (Fsp3) is 0.750. The Kier molecular flexibility index (Phi) is 3.04. The third kappa shape index (κ3) is 3.31. The summed E-state index contributed by atoms with van der Waals surface area (Å²) in [5.74, 6) is 3.70. The van der Waals surface area contributed by atoms with E-state index in [4.69, 9.17) is 0 Å². The van der Waals surface area contributed by atoms with Gasteiger partial charge in [0.25, 0.3) is 0 Å². The van der Waals surface area contributed by atoms with E-state index in [-0.39, 0.29) is 0 Å². The van der Waals surface area contributed by atoms with Crippen molar-refractivity contribution in [2.24, 2.45) is 11.1 Å². The highest BCUT2D eigenvalue weighted by molar-refractivity contribution is 5.50. The highest BCUT2D eigenvalue weighted by Gasteiger charge is 2.19. The van der Waals surface area contributed by atoms with Crippen LogP contribution in [0.1, 0.15) is 25.7 Å². The summed E-state index contributed by atoms with van der Waals surface area (Å²) in [6, 6.07) is 0. The first-order valence-corrected chi connectivity index (χ1v) is 3.74. The van der Waals surface area contributed by atoms with Gasteiger partial charge in [0.2, 0.25) is 0 Å². The fourth-order valence-corrected chi connectivity index (χ4v) is 0.880. The molecule has 10 heavy (non-hydrogen) atoms. The number of allylic oxidation sites excluding steroid dienone is 1. The Hall–Kier alpha value is -0.750. The van der Waals surface area contributed by atoms with Crippen molar-refractivity contribution in [3.05, 3.63) is 6.08 Å². The monoisotopic (exact) mass is 139 g/mol. The molecule has 0 unspecified atom stereocenters. The Balaban J connectivity index is 1.97. The zero-order valence-corrected chi connectivity index (χ0v) is 6.34. The van der Waals surface area contributed by atoms with E-state index in [0.717, 1.165) is 12.3 Å². The van der Waals surface area contributed by atoms with Crippen LogP contribution in [-0.4, -0.2) is 13.0 Å². The van der Waals surface area contributed by atoms with Gasteiger partial charge >= 0.3 is 0 Å². The van der Waals surface area contributed by atoms with Gasteiger partial charge in [-0.1, -0.05) is 12.8 Å². The molecule has 0 bridgehead atoms. The van der Waals surface area contributed by atoms with Gasteiger partial charge in [-0.25, -0.2) is 0 Å². The van der Waals surface area contributed by atoms with Gasteiger partial charge in [-0.05, 0) is 30.0 Å². The fourth-order valence-electron chi connectivity index (χ4n) is 0.880. The summed E-state index contributed by atoms with van der Waals surface area (Å²) < 4.78 is 0. The Morgan fingerprint density at radius 3 is 3.10 bits per heavy atom. The van der Waals surface area contributed by atoms with E-state index >= 15 is 0 Å². The maximum atomic E-state index is 4.45. The minimum Gasteiger partial charge on any atom is -0.392 e. The average molecular weight is 139 g/mol. The predicted molar refractivity (Wildman–Crippen MR) is 41.0 cm³/mol. The van der Waals surface area contributed by atoms with E-state index in [1.54, 1.807) is 0 Å². The van der Waals surface area contributed by atoms with E-state index in [2.05, 4.69) is 15.9 Å². The normalized spacial score (nSPS) is 15.7. The summed E-state index contributed by atoms with van der Waals surface area (Å²) in [6.45, 7) is 0. The molecule has 2 nitrogen and oxygen atoms in total. The molecule has 0 aromatic carbocycles. The van der Waals surface area contributed by atoms with Crippen LogP contribution in [0.4, 0.5) is 0 Å². The molecule has 1 aliphatic carbocycles. The number of hydrogen-bond acceptors (Lipinski definition) is 2. The van der Waals surface area contributed by atoms with E-state index in [1.807, 2.05) is 6.08 Å². The molecule has 0 aliphatic heterocycles. The third-order valence-electron chi connectivity index (χ3n) is 1.65. The van der Waals surface area contributed by atoms with Crippen molar-refractivity contribution in [1.29, 1.82) is 0 Å². The Morgan fingerprint density at radius 2 is 2.50 bits per heavy atom. The maximum absolute atomic E-state index is 4.45. The lowest BCUT2D eigenvalue weighted by Gasteiger charge is -1.85. The lowest BCUT2D eigenvalue weighted by Crippen LogP contribution is -1.72. The van der Waals surface area contributed by atoms with Gasteiger partial charge < -0.3 is 4.84 Å². The minimum atomic E-state index is 1.00. The molecule has 1 fully saturated rings. The topological polar surface area (TPSA) is 21.6 Å². The van der Waals surface area contributed by atoms with Crippen LogP contribution in [0.2, 0.25) is 0 Å². The molecule has 0 amide bonds. The van der Waals surface area contributed by atoms with Gasteiger partial charge in [-0.3, -0.25) is 0 Å². The quantitative estimate of drug-likeness (QED) is 0.431. The van der Waals surface area contributed by atoms with Gasteiger partial charge in [0, 0.05) is 5.87 Å². The largest absolute Gasteiger partial charge is 0.392 e. The first-order chi connectivity index (χ1) is 4.93. The van der Waals surface area contributed by atoms with Crippen molar-refractivity contribution >= 4 is 5.87 Å². The zero-order chi connectivity index (χ0) is 7.23. The average Bonchev–Trinajstić information content (AvgIpc) is 2.71. The summed E-state index contributed by atoms with van der Waals surface area (Å²) >= 11 is 0. The summed E-state index contributed by atoms with van der Waals surface area (Å²) in [7, 11) is 1.53. The lowest BCUT2D eigenvalue weighted by molar-refractivity contribution is 0.216. The first kappa shape index (κ1) is 7.36. The van der Waals surface area contributed by atoms with Gasteiger partial charge in [0.1, 0.15) is 7.11 Å². The van der Waals surface area contributed by atoms with Crippen LogP contribution < -0.4 is 0 Å². The molecule has 0 saturated heterocycles. The van der Waals surface area contributed by atoms with Crippen molar-refractivity contribution in [2.45, 2.75) is 25.7 Å². The SMILES string of the molecule is CON=C=CCCC1CC1. The molecular weight excluding hydrogens is 126 g/mol. The van der Waals surface area contributed by atoms with E-state index < -0.39 is 0 Å². The second-order valence-corrected chi connectivity index (χ2v) is 2.63. The van der Waals surface area contributed by atoms with Crippen LogP contribution in [0.15, 0.2) is 11.2 Å². The molecular formula is C8H13NO. The van der Waals surface area contributed by atoms with Crippen molar-refractivity contribution < 1.29 is 4.84 Å². The highest BCUT2D eigenvalue weighted by Crippen LogP contribution is 2.33. The minimum absolute atomic E-state index is 1.00. The van der Waals surface area contributed by atoms with Crippen LogP contribution in [0.5, 0.6) is 0 Å². The van der Waals surface area contributed by atoms with Crippen LogP contribution in [-0.2, 0) is 4.84 Å². The predicted octanol–water partition coefficient (Wildman–Crippen LogP) is 1.96. The molecule has 0 atom stereocenters. The van der Waals surface area contributed by atoms with Gasteiger partial charge in [0.05, 0.1) is 0 Å². The van der Waals surface area contributed by atoms with Crippen LogP contribution in [0.3, 0.4) is 0 Å². The van der Waals surface area contributed by atoms with E-state index in [1.165, 1.54) is 26.4 Å². The summed E-state index contributed by atoms with van der Waals surface area (Å²) in [6.07, 6.45) is 7.18. The molecule has 0 spiro atoms. The standard InChI is InChI=1S/C8H13NO/c1-10-9-7-3-2-4-8-5-6-8/h3,8H,2,4-6H2,1H3. The lowest BCUT2D eigenvalue weighted by atomic mass is 10.2. The van der Waals surface area contributed by atoms with E-state index in [9.17, 15) is 0 Å². The maximum Gasteiger partial charge on any atom is 0.107 e. The summed E-state index contributed by atoms with van der Waals surface area (Å²) in [5, 5.41) is 3.48. The second kappa shape index (κ2) is 4.13. The molecule has 1 rings (SSSR count). The Labute approximate surface area is 61.6 Å². The zero-order valence-electron chi connectivity index (χ0n) is 6.34. The first-order valence-electron chi connectivity index (χ1n) is 3.74. The van der Waals surface area contributed by atoms with Crippen LogP contribution in [0, 0.1) is 5.92 Å². The van der Waals surface area contributed by atoms with Gasteiger partial charge in [0.15, 0.2) is 0 Å². The molecule has 1 saturated carbocycles. The van der Waals surface area contributed by atoms with Crippen LogP contribution in [0.25, 0.3) is 0 Å². The molecule has 0 heterocycles. The third-order valence-corrected chi connectivity index (χ3v) is 1.65. The molecule has 0 N–H and O–H groups in total. The molecule has 1 aliphatic rings.